The van der Waals surface area contributed by atoms with Crippen molar-refractivity contribution in [1.82, 2.24) is 4.98 Å². The van der Waals surface area contributed by atoms with Gasteiger partial charge in [-0.25, -0.2) is 4.98 Å². The van der Waals surface area contributed by atoms with E-state index in [0.29, 0.717) is 0 Å². The van der Waals surface area contributed by atoms with Gasteiger partial charge in [-0.1, -0.05) is 30.3 Å². The second-order valence-electron chi connectivity index (χ2n) is 4.54. The van der Waals surface area contributed by atoms with Crippen molar-refractivity contribution in [2.24, 2.45) is 0 Å². The molecular formula is C16H12N2S2. The standard InChI is InChI=1S/C16H12N2S2/c1-17-15-14(10-6-2-4-8-12(10)19-15)16-18-11-7-3-5-9-13(11)20-16/h2-9,17H,1H3. The molecule has 1 N–H and O–H groups in total. The van der Waals surface area contributed by atoms with E-state index < -0.39 is 0 Å². The predicted octanol–water partition coefficient (Wildman–Crippen LogP) is 5.22. The van der Waals surface area contributed by atoms with E-state index in [4.69, 9.17) is 4.98 Å². The van der Waals surface area contributed by atoms with Gasteiger partial charge in [-0.05, 0) is 18.2 Å². The largest absolute Gasteiger partial charge is 0.379 e. The lowest BCUT2D eigenvalue weighted by Crippen LogP contribution is -1.86. The van der Waals surface area contributed by atoms with E-state index in [1.54, 1.807) is 22.7 Å². The number of aromatic nitrogens is 1. The van der Waals surface area contributed by atoms with Crippen molar-refractivity contribution in [2.75, 3.05) is 12.4 Å². The third-order valence-electron chi connectivity index (χ3n) is 3.33. The molecule has 2 aromatic heterocycles. The van der Waals surface area contributed by atoms with Crippen LogP contribution in [0.15, 0.2) is 48.5 Å². The highest BCUT2D eigenvalue weighted by Crippen LogP contribution is 2.44. The Balaban J connectivity index is 2.05. The fourth-order valence-electron chi connectivity index (χ4n) is 2.41. The lowest BCUT2D eigenvalue weighted by molar-refractivity contribution is 1.48. The number of anilines is 1. The predicted molar refractivity (Wildman–Crippen MR) is 90.0 cm³/mol. The van der Waals surface area contributed by atoms with Gasteiger partial charge >= 0.3 is 0 Å². The van der Waals surface area contributed by atoms with E-state index >= 15 is 0 Å². The van der Waals surface area contributed by atoms with Gasteiger partial charge in [0, 0.05) is 17.1 Å². The van der Waals surface area contributed by atoms with Gasteiger partial charge in [-0.3, -0.25) is 0 Å². The summed E-state index contributed by atoms with van der Waals surface area (Å²) in [6, 6.07) is 16.8. The molecule has 2 nitrogen and oxygen atoms in total. The van der Waals surface area contributed by atoms with E-state index in [1.807, 2.05) is 13.1 Å². The van der Waals surface area contributed by atoms with Gasteiger partial charge in [0.1, 0.15) is 5.01 Å². The molecule has 0 aliphatic rings. The molecule has 0 fully saturated rings. The maximum absolute atomic E-state index is 4.80. The van der Waals surface area contributed by atoms with Crippen molar-refractivity contribution in [3.05, 3.63) is 48.5 Å². The zero-order valence-corrected chi connectivity index (χ0v) is 12.5. The Morgan fingerprint density at radius 3 is 2.45 bits per heavy atom. The van der Waals surface area contributed by atoms with Crippen molar-refractivity contribution in [3.8, 4) is 10.6 Å². The number of thiazole rings is 1. The summed E-state index contributed by atoms with van der Waals surface area (Å²) in [6.07, 6.45) is 0. The zero-order valence-electron chi connectivity index (χ0n) is 10.9. The monoisotopic (exact) mass is 296 g/mol. The molecule has 2 heterocycles. The number of benzene rings is 2. The van der Waals surface area contributed by atoms with Crippen LogP contribution in [-0.4, -0.2) is 12.0 Å². The van der Waals surface area contributed by atoms with Crippen molar-refractivity contribution < 1.29 is 0 Å². The fourth-order valence-corrected chi connectivity index (χ4v) is 4.57. The molecule has 0 bridgehead atoms. The molecule has 0 spiro atoms. The average molecular weight is 296 g/mol. The summed E-state index contributed by atoms with van der Waals surface area (Å²) >= 11 is 3.54. The third kappa shape index (κ3) is 1.72. The molecule has 2 aromatic carbocycles. The number of fused-ring (bicyclic) bond motifs is 2. The van der Waals surface area contributed by atoms with E-state index in [9.17, 15) is 0 Å². The summed E-state index contributed by atoms with van der Waals surface area (Å²) in [6.45, 7) is 0. The zero-order chi connectivity index (χ0) is 13.5. The van der Waals surface area contributed by atoms with Crippen LogP contribution in [0, 0.1) is 0 Å². The summed E-state index contributed by atoms with van der Waals surface area (Å²) < 4.78 is 2.53. The summed E-state index contributed by atoms with van der Waals surface area (Å²) in [4.78, 5) is 4.80. The van der Waals surface area contributed by atoms with Crippen molar-refractivity contribution in [1.29, 1.82) is 0 Å². The Labute approximate surface area is 124 Å². The molecule has 4 rings (SSSR count). The van der Waals surface area contributed by atoms with E-state index in [2.05, 4.69) is 47.8 Å². The number of thiophene rings is 1. The number of hydrogen-bond acceptors (Lipinski definition) is 4. The lowest BCUT2D eigenvalue weighted by atomic mass is 10.2. The molecule has 0 aliphatic heterocycles. The van der Waals surface area contributed by atoms with Crippen LogP contribution in [0.4, 0.5) is 5.00 Å². The molecule has 4 heteroatoms. The molecule has 0 saturated heterocycles. The maximum Gasteiger partial charge on any atom is 0.128 e. The van der Waals surface area contributed by atoms with Gasteiger partial charge in [0.25, 0.3) is 0 Å². The quantitative estimate of drug-likeness (QED) is 0.548. The highest BCUT2D eigenvalue weighted by molar-refractivity contribution is 7.25. The topological polar surface area (TPSA) is 24.9 Å². The van der Waals surface area contributed by atoms with Gasteiger partial charge in [-0.15, -0.1) is 22.7 Å². The van der Waals surface area contributed by atoms with Crippen LogP contribution in [0.1, 0.15) is 0 Å². The number of rotatable bonds is 2. The summed E-state index contributed by atoms with van der Waals surface area (Å²) in [5.41, 5.74) is 2.30. The molecular weight excluding hydrogens is 284 g/mol. The van der Waals surface area contributed by atoms with Crippen LogP contribution in [0.5, 0.6) is 0 Å². The van der Waals surface area contributed by atoms with Crippen LogP contribution in [0.3, 0.4) is 0 Å². The van der Waals surface area contributed by atoms with Gasteiger partial charge < -0.3 is 5.32 Å². The van der Waals surface area contributed by atoms with Crippen molar-refractivity contribution >= 4 is 48.0 Å². The highest BCUT2D eigenvalue weighted by Gasteiger charge is 2.16. The SMILES string of the molecule is CNc1sc2ccccc2c1-c1nc2ccccc2s1. The number of nitrogens with zero attached hydrogens (tertiary/aromatic N) is 1. The van der Waals surface area contributed by atoms with E-state index in [1.165, 1.54) is 25.4 Å². The molecule has 0 aliphatic carbocycles. The minimum atomic E-state index is 1.07. The van der Waals surface area contributed by atoms with Gasteiger partial charge in [0.05, 0.1) is 20.8 Å². The Bertz CT molecular complexity index is 872. The first-order valence-corrected chi connectivity index (χ1v) is 8.05. The Hall–Kier alpha value is -1.91. The molecule has 98 valence electrons. The fraction of sp³-hybridized carbons (Fsp3) is 0.0625. The summed E-state index contributed by atoms with van der Waals surface area (Å²) in [5.74, 6) is 0. The average Bonchev–Trinajstić information content (AvgIpc) is 3.07. The minimum absolute atomic E-state index is 1.07. The first-order valence-electron chi connectivity index (χ1n) is 6.42. The first kappa shape index (κ1) is 11.9. The Morgan fingerprint density at radius 1 is 0.900 bits per heavy atom. The minimum Gasteiger partial charge on any atom is -0.379 e. The molecule has 4 aromatic rings. The molecule has 0 amide bonds. The third-order valence-corrected chi connectivity index (χ3v) is 5.57. The van der Waals surface area contributed by atoms with Crippen LogP contribution in [-0.2, 0) is 0 Å². The Kier molecular flexibility index (Phi) is 2.72. The van der Waals surface area contributed by atoms with Gasteiger partial charge in [0.15, 0.2) is 0 Å². The molecule has 0 unspecified atom stereocenters. The summed E-state index contributed by atoms with van der Waals surface area (Å²) in [7, 11) is 1.97. The lowest BCUT2D eigenvalue weighted by Gasteiger charge is -1.99. The number of para-hydroxylation sites is 1. The Morgan fingerprint density at radius 2 is 1.65 bits per heavy atom. The van der Waals surface area contributed by atoms with Gasteiger partial charge in [0.2, 0.25) is 0 Å². The number of hydrogen-bond donors (Lipinski definition) is 1. The first-order chi connectivity index (χ1) is 9.86. The summed E-state index contributed by atoms with van der Waals surface area (Å²) in [5, 5.41) is 6.87. The molecule has 0 radical (unpaired) electrons. The number of nitrogens with one attached hydrogen (secondary N) is 1. The second kappa shape index (κ2) is 4.58. The maximum atomic E-state index is 4.80. The molecule has 0 saturated carbocycles. The van der Waals surface area contributed by atoms with Crippen LogP contribution < -0.4 is 5.32 Å². The molecule has 20 heavy (non-hydrogen) atoms. The van der Waals surface area contributed by atoms with Crippen LogP contribution in [0.25, 0.3) is 30.9 Å². The van der Waals surface area contributed by atoms with Crippen LogP contribution >= 0.6 is 22.7 Å². The van der Waals surface area contributed by atoms with Crippen molar-refractivity contribution in [3.63, 3.8) is 0 Å². The normalized spacial score (nSPS) is 11.2. The van der Waals surface area contributed by atoms with Crippen LogP contribution in [0.2, 0.25) is 0 Å². The highest BCUT2D eigenvalue weighted by atomic mass is 32.1. The second-order valence-corrected chi connectivity index (χ2v) is 6.62. The molecule has 0 atom stereocenters. The smallest absolute Gasteiger partial charge is 0.128 e. The van der Waals surface area contributed by atoms with Gasteiger partial charge in [-0.2, -0.15) is 0 Å². The van der Waals surface area contributed by atoms with Crippen molar-refractivity contribution in [2.45, 2.75) is 0 Å². The van der Waals surface area contributed by atoms with E-state index in [0.717, 1.165) is 10.5 Å². The van der Waals surface area contributed by atoms with E-state index in [-0.39, 0.29) is 0 Å².